The predicted octanol–water partition coefficient (Wildman–Crippen LogP) is 6.63. The molecule has 0 saturated carbocycles. The fraction of sp³-hybridized carbons (Fsp3) is 0.417. The van der Waals surface area contributed by atoms with Crippen molar-refractivity contribution in [3.05, 3.63) is 94.5 Å². The van der Waals surface area contributed by atoms with Crippen molar-refractivity contribution in [3.63, 3.8) is 0 Å². The predicted molar refractivity (Wildman–Crippen MR) is 169 cm³/mol. The smallest absolute Gasteiger partial charge is 0.261 e. The van der Waals surface area contributed by atoms with Crippen molar-refractivity contribution < 1.29 is 18.4 Å². The molecular formula is C36H40F2N4O2. The summed E-state index contributed by atoms with van der Waals surface area (Å²) in [6, 6.07) is 8.21. The lowest BCUT2D eigenvalue weighted by molar-refractivity contribution is -0.125. The van der Waals surface area contributed by atoms with Crippen molar-refractivity contribution in [3.8, 4) is 11.1 Å². The van der Waals surface area contributed by atoms with Crippen LogP contribution in [0.1, 0.15) is 69.1 Å². The van der Waals surface area contributed by atoms with Crippen LogP contribution in [0.5, 0.6) is 0 Å². The van der Waals surface area contributed by atoms with Gasteiger partial charge in [0.05, 0.1) is 6.54 Å². The van der Waals surface area contributed by atoms with E-state index in [0.29, 0.717) is 29.9 Å². The van der Waals surface area contributed by atoms with Crippen LogP contribution in [0.4, 0.5) is 8.78 Å². The number of nitrogens with one attached hydrogen (secondary N) is 1. The molecule has 6 rings (SSSR count). The van der Waals surface area contributed by atoms with Crippen molar-refractivity contribution in [2.75, 3.05) is 26.2 Å². The number of carbonyl (C=O) groups excluding carboxylic acids is 2. The average molecular weight is 599 g/mol. The topological polar surface area (TPSA) is 65.5 Å². The van der Waals surface area contributed by atoms with Crippen LogP contribution in [0.25, 0.3) is 16.7 Å². The van der Waals surface area contributed by atoms with E-state index in [2.05, 4.69) is 35.4 Å². The summed E-state index contributed by atoms with van der Waals surface area (Å²) in [7, 11) is 0. The zero-order chi connectivity index (χ0) is 31.0. The fourth-order valence-electron chi connectivity index (χ4n) is 6.96. The third-order valence-corrected chi connectivity index (χ3v) is 9.13. The summed E-state index contributed by atoms with van der Waals surface area (Å²) < 4.78 is 27.5. The third kappa shape index (κ3) is 6.46. The van der Waals surface area contributed by atoms with Gasteiger partial charge in [-0.2, -0.15) is 0 Å². The summed E-state index contributed by atoms with van der Waals surface area (Å²) in [5.74, 6) is -2.52. The summed E-state index contributed by atoms with van der Waals surface area (Å²) in [5, 5.41) is 3.13. The van der Waals surface area contributed by atoms with E-state index in [9.17, 15) is 18.4 Å². The first-order chi connectivity index (χ1) is 21.1. The lowest BCUT2D eigenvalue weighted by atomic mass is 9.78. The Balaban J connectivity index is 1.23. The fourth-order valence-corrected chi connectivity index (χ4v) is 6.96. The van der Waals surface area contributed by atoms with Gasteiger partial charge in [0.15, 0.2) is 0 Å². The molecule has 1 N–H and O–H groups in total. The van der Waals surface area contributed by atoms with Gasteiger partial charge < -0.3 is 10.2 Å². The molecule has 44 heavy (non-hydrogen) atoms. The molecule has 0 radical (unpaired) electrons. The van der Waals surface area contributed by atoms with Crippen LogP contribution in [-0.2, 0) is 16.1 Å². The molecule has 6 nitrogen and oxygen atoms in total. The van der Waals surface area contributed by atoms with Gasteiger partial charge in [0.1, 0.15) is 0 Å². The van der Waals surface area contributed by atoms with Crippen LogP contribution in [0.15, 0.2) is 77.8 Å². The molecule has 0 spiro atoms. The number of aromatic nitrogens is 1. The van der Waals surface area contributed by atoms with Crippen LogP contribution < -0.4 is 5.32 Å². The first-order valence-electron chi connectivity index (χ1n) is 15.7. The van der Waals surface area contributed by atoms with E-state index < -0.39 is 5.92 Å². The Hall–Kier alpha value is -3.91. The number of hydrogen-bond donors (Lipinski definition) is 1. The first-order valence-corrected chi connectivity index (χ1v) is 15.7. The Morgan fingerprint density at radius 2 is 1.82 bits per heavy atom. The number of carbonyl (C=O) groups is 2. The third-order valence-electron chi connectivity index (χ3n) is 9.13. The van der Waals surface area contributed by atoms with E-state index in [4.69, 9.17) is 0 Å². The van der Waals surface area contributed by atoms with Crippen LogP contribution in [0, 0.1) is 5.92 Å². The van der Waals surface area contributed by atoms with Crippen molar-refractivity contribution in [1.29, 1.82) is 0 Å². The second-order valence-electron chi connectivity index (χ2n) is 12.9. The van der Waals surface area contributed by atoms with Gasteiger partial charge in [-0.3, -0.25) is 19.5 Å². The number of rotatable bonds is 6. The number of benzene rings is 1. The van der Waals surface area contributed by atoms with Crippen LogP contribution >= 0.6 is 0 Å². The molecule has 3 heterocycles. The number of nitrogens with zero attached hydrogens (tertiary/aromatic N) is 3. The van der Waals surface area contributed by atoms with Crippen molar-refractivity contribution >= 4 is 17.4 Å². The SMILES string of the molecule is CC1=C(C(=O)NC2=CC(C)C=C(C(=O)N3CCCC3)C=C2)c2cc(-c3cncc(CN4CCC(F)(F)C4)c3)ccc2[C@H](C)C1. The normalized spacial score (nSPS) is 23.2. The number of likely N-dealkylation sites (tertiary alicyclic amines) is 2. The van der Waals surface area contributed by atoms with Crippen molar-refractivity contribution in [1.82, 2.24) is 20.1 Å². The van der Waals surface area contributed by atoms with Crippen LogP contribution in [0.3, 0.4) is 0 Å². The zero-order valence-electron chi connectivity index (χ0n) is 25.7. The zero-order valence-corrected chi connectivity index (χ0v) is 25.7. The molecule has 2 fully saturated rings. The van der Waals surface area contributed by atoms with Gasteiger partial charge in [-0.1, -0.05) is 43.7 Å². The molecule has 230 valence electrons. The maximum Gasteiger partial charge on any atom is 0.261 e. The summed E-state index contributed by atoms with van der Waals surface area (Å²) >= 11 is 0. The van der Waals surface area contributed by atoms with Gasteiger partial charge in [-0.25, -0.2) is 8.78 Å². The Morgan fingerprint density at radius 3 is 2.57 bits per heavy atom. The van der Waals surface area contributed by atoms with Gasteiger partial charge in [-0.05, 0) is 84.6 Å². The molecular weight excluding hydrogens is 558 g/mol. The van der Waals surface area contributed by atoms with Gasteiger partial charge in [0, 0.05) is 67.4 Å². The number of fused-ring (bicyclic) bond motifs is 1. The lowest BCUT2D eigenvalue weighted by Crippen LogP contribution is -2.28. The van der Waals surface area contributed by atoms with Crippen LogP contribution in [-0.4, -0.2) is 58.7 Å². The van der Waals surface area contributed by atoms with Crippen LogP contribution in [0.2, 0.25) is 0 Å². The average Bonchev–Trinajstić information content (AvgIpc) is 3.59. The summed E-state index contributed by atoms with van der Waals surface area (Å²) in [6.45, 7) is 8.35. The molecule has 1 unspecified atom stereocenters. The largest absolute Gasteiger partial charge is 0.339 e. The molecule has 2 amide bonds. The number of alkyl halides is 2. The molecule has 2 aromatic rings. The van der Waals surface area contributed by atoms with E-state index in [0.717, 1.165) is 65.7 Å². The van der Waals surface area contributed by atoms with Gasteiger partial charge in [-0.15, -0.1) is 0 Å². The Kier molecular flexibility index (Phi) is 8.38. The molecule has 0 bridgehead atoms. The lowest BCUT2D eigenvalue weighted by Gasteiger charge is -2.27. The number of amides is 2. The minimum Gasteiger partial charge on any atom is -0.339 e. The Morgan fingerprint density at radius 1 is 1.02 bits per heavy atom. The highest BCUT2D eigenvalue weighted by molar-refractivity contribution is 6.22. The molecule has 4 aliphatic rings. The standard InChI is InChI=1S/C36H40F2N4O2/c1-23-14-28(35(44)42-11-4-5-12-42)6-8-30(15-23)40-34(43)33-25(3)16-24(2)31-9-7-27(18-32(31)33)29-17-26(19-39-20-29)21-41-13-10-36(37,38)22-41/h6-9,14-15,17-20,23-24H,4-5,10-13,16,21-22H2,1-3H3,(H,40,43)/t23?,24-/m1/s1. The summed E-state index contributed by atoms with van der Waals surface area (Å²) in [5.41, 5.74) is 7.72. The quantitative estimate of drug-likeness (QED) is 0.406. The van der Waals surface area contributed by atoms with Gasteiger partial charge >= 0.3 is 0 Å². The summed E-state index contributed by atoms with van der Waals surface area (Å²) in [6.07, 6.45) is 13.8. The molecule has 2 atom stereocenters. The Labute approximate surface area is 258 Å². The monoisotopic (exact) mass is 598 g/mol. The van der Waals surface area contributed by atoms with Gasteiger partial charge in [0.25, 0.3) is 17.7 Å². The minimum atomic E-state index is -2.63. The molecule has 1 aromatic carbocycles. The second kappa shape index (κ2) is 12.2. The number of pyridine rings is 1. The molecule has 2 aliphatic heterocycles. The van der Waals surface area contributed by atoms with Crippen molar-refractivity contribution in [2.45, 2.75) is 64.8 Å². The number of allylic oxidation sites excluding steroid dienone is 4. The maximum absolute atomic E-state index is 13.9. The first kappa shape index (κ1) is 30.1. The molecule has 2 saturated heterocycles. The van der Waals surface area contributed by atoms with E-state index in [1.54, 1.807) is 17.3 Å². The van der Waals surface area contributed by atoms with E-state index in [1.807, 2.05) is 49.1 Å². The highest BCUT2D eigenvalue weighted by Gasteiger charge is 2.38. The second-order valence-corrected chi connectivity index (χ2v) is 12.9. The van der Waals surface area contributed by atoms with Crippen molar-refractivity contribution in [2.24, 2.45) is 5.92 Å². The highest BCUT2D eigenvalue weighted by Crippen LogP contribution is 2.40. The highest BCUT2D eigenvalue weighted by atomic mass is 19.3. The van der Waals surface area contributed by atoms with E-state index in [-0.39, 0.29) is 36.6 Å². The van der Waals surface area contributed by atoms with E-state index >= 15 is 0 Å². The number of hydrogen-bond acceptors (Lipinski definition) is 4. The molecule has 2 aliphatic carbocycles. The number of halogens is 2. The minimum absolute atomic E-state index is 0.0197. The molecule has 8 heteroatoms. The van der Waals surface area contributed by atoms with E-state index in [1.165, 1.54) is 0 Å². The Bertz CT molecular complexity index is 1600. The maximum atomic E-state index is 13.9. The molecule has 1 aromatic heterocycles. The van der Waals surface area contributed by atoms with Gasteiger partial charge in [0.2, 0.25) is 0 Å². The summed E-state index contributed by atoms with van der Waals surface area (Å²) in [4.78, 5) is 35.0.